The maximum Gasteiger partial charge on any atom is 0.184 e. The molecule has 0 aromatic heterocycles. The molecule has 1 aromatic rings. The number of hydrogen-bond donors (Lipinski definition) is 1. The molecular formula is C12H17NO3. The van der Waals surface area contributed by atoms with Gasteiger partial charge in [-0.3, -0.25) is 5.41 Å². The quantitative estimate of drug-likeness (QED) is 0.615. The van der Waals surface area contributed by atoms with Gasteiger partial charge in [0.25, 0.3) is 0 Å². The van der Waals surface area contributed by atoms with Gasteiger partial charge in [0, 0.05) is 6.42 Å². The van der Waals surface area contributed by atoms with E-state index in [9.17, 15) is 0 Å². The highest BCUT2D eigenvalue weighted by molar-refractivity contribution is 5.75. The maximum absolute atomic E-state index is 7.56. The Morgan fingerprint density at radius 3 is 2.44 bits per heavy atom. The highest BCUT2D eigenvalue weighted by Crippen LogP contribution is 2.27. The van der Waals surface area contributed by atoms with Gasteiger partial charge in [0.15, 0.2) is 17.4 Å². The van der Waals surface area contributed by atoms with Crippen molar-refractivity contribution in [3.05, 3.63) is 23.8 Å². The summed E-state index contributed by atoms with van der Waals surface area (Å²) in [5, 5.41) is 7.56. The molecule has 1 N–H and O–H groups in total. The van der Waals surface area contributed by atoms with Gasteiger partial charge in [-0.1, -0.05) is 6.07 Å². The van der Waals surface area contributed by atoms with Gasteiger partial charge in [0.1, 0.15) is 0 Å². The van der Waals surface area contributed by atoms with Gasteiger partial charge in [0.05, 0.1) is 20.8 Å². The molecule has 0 aliphatic rings. The van der Waals surface area contributed by atoms with Crippen molar-refractivity contribution in [1.82, 2.24) is 0 Å². The summed E-state index contributed by atoms with van der Waals surface area (Å²) in [6, 6.07) is 5.58. The first kappa shape index (κ1) is 12.4. The van der Waals surface area contributed by atoms with Crippen molar-refractivity contribution in [2.45, 2.75) is 13.3 Å². The summed E-state index contributed by atoms with van der Waals surface area (Å²) >= 11 is 0. The molecule has 0 fully saturated rings. The summed E-state index contributed by atoms with van der Waals surface area (Å²) in [5.41, 5.74) is 0.969. The molecular weight excluding hydrogens is 206 g/mol. The number of ether oxygens (including phenoxy) is 3. The van der Waals surface area contributed by atoms with Gasteiger partial charge < -0.3 is 14.2 Å². The van der Waals surface area contributed by atoms with Gasteiger partial charge in [-0.05, 0) is 24.6 Å². The monoisotopic (exact) mass is 223 g/mol. The van der Waals surface area contributed by atoms with Gasteiger partial charge in [-0.25, -0.2) is 0 Å². The van der Waals surface area contributed by atoms with Crippen LogP contribution in [0.2, 0.25) is 0 Å². The van der Waals surface area contributed by atoms with E-state index in [1.54, 1.807) is 14.2 Å². The van der Waals surface area contributed by atoms with Crippen molar-refractivity contribution in [2.75, 3.05) is 20.8 Å². The fourth-order valence-corrected chi connectivity index (χ4v) is 1.40. The van der Waals surface area contributed by atoms with Crippen molar-refractivity contribution in [3.63, 3.8) is 0 Å². The second-order valence-electron chi connectivity index (χ2n) is 3.22. The van der Waals surface area contributed by atoms with E-state index in [0.29, 0.717) is 24.5 Å². The average Bonchev–Trinajstić information content (AvgIpc) is 2.29. The molecule has 0 radical (unpaired) electrons. The van der Waals surface area contributed by atoms with E-state index in [1.807, 2.05) is 25.1 Å². The van der Waals surface area contributed by atoms with Crippen LogP contribution in [0.5, 0.6) is 11.5 Å². The maximum atomic E-state index is 7.56. The first-order valence-corrected chi connectivity index (χ1v) is 5.12. The first-order valence-electron chi connectivity index (χ1n) is 5.12. The largest absolute Gasteiger partial charge is 0.493 e. The Labute approximate surface area is 95.6 Å². The zero-order chi connectivity index (χ0) is 12.0. The molecule has 0 heterocycles. The molecule has 0 aliphatic carbocycles. The van der Waals surface area contributed by atoms with Crippen LogP contribution in [0.15, 0.2) is 18.2 Å². The fourth-order valence-electron chi connectivity index (χ4n) is 1.40. The van der Waals surface area contributed by atoms with Crippen molar-refractivity contribution in [1.29, 1.82) is 5.41 Å². The number of nitrogens with one attached hydrogen (secondary N) is 1. The molecule has 0 spiro atoms. The summed E-state index contributed by atoms with van der Waals surface area (Å²) in [6.45, 7) is 2.38. The standard InChI is InChI=1S/C12H17NO3/c1-4-16-12(13)8-9-5-6-10(14-2)11(7-9)15-3/h5-7,13H,4,8H2,1-3H3. The van der Waals surface area contributed by atoms with Crippen molar-refractivity contribution in [2.24, 2.45) is 0 Å². The topological polar surface area (TPSA) is 51.5 Å². The Balaban J connectivity index is 2.78. The molecule has 0 unspecified atom stereocenters. The molecule has 16 heavy (non-hydrogen) atoms. The Kier molecular flexibility index (Phi) is 4.64. The molecule has 0 aliphatic heterocycles. The van der Waals surface area contributed by atoms with Crippen LogP contribution in [0.1, 0.15) is 12.5 Å². The Morgan fingerprint density at radius 2 is 1.88 bits per heavy atom. The molecule has 1 aromatic carbocycles. The first-order chi connectivity index (χ1) is 7.71. The van der Waals surface area contributed by atoms with E-state index in [4.69, 9.17) is 19.6 Å². The molecule has 0 amide bonds. The molecule has 88 valence electrons. The van der Waals surface area contributed by atoms with E-state index in [1.165, 1.54) is 0 Å². The van der Waals surface area contributed by atoms with Crippen LogP contribution in [-0.4, -0.2) is 26.7 Å². The lowest BCUT2D eigenvalue weighted by atomic mass is 10.1. The van der Waals surface area contributed by atoms with Crippen LogP contribution in [0.25, 0.3) is 0 Å². The number of benzene rings is 1. The zero-order valence-corrected chi connectivity index (χ0v) is 9.87. The summed E-state index contributed by atoms with van der Waals surface area (Å²) in [4.78, 5) is 0. The Hall–Kier alpha value is -1.71. The van der Waals surface area contributed by atoms with Crippen LogP contribution < -0.4 is 9.47 Å². The summed E-state index contributed by atoms with van der Waals surface area (Å²) < 4.78 is 15.4. The minimum Gasteiger partial charge on any atom is -0.493 e. The van der Waals surface area contributed by atoms with Crippen LogP contribution in [0, 0.1) is 5.41 Å². The van der Waals surface area contributed by atoms with Crippen molar-refractivity contribution in [3.8, 4) is 11.5 Å². The SMILES string of the molecule is CCOC(=N)Cc1ccc(OC)c(OC)c1. The molecule has 0 saturated carbocycles. The number of methoxy groups -OCH3 is 2. The lowest BCUT2D eigenvalue weighted by Crippen LogP contribution is -2.06. The van der Waals surface area contributed by atoms with E-state index in [-0.39, 0.29) is 5.90 Å². The molecule has 1 rings (SSSR count). The Morgan fingerprint density at radius 1 is 1.19 bits per heavy atom. The molecule has 0 saturated heterocycles. The minimum atomic E-state index is 0.259. The predicted octanol–water partition coefficient (Wildman–Crippen LogP) is 2.26. The second-order valence-corrected chi connectivity index (χ2v) is 3.22. The van der Waals surface area contributed by atoms with Crippen LogP contribution in [0.3, 0.4) is 0 Å². The molecule has 0 bridgehead atoms. The van der Waals surface area contributed by atoms with E-state index in [2.05, 4.69) is 0 Å². The number of hydrogen-bond acceptors (Lipinski definition) is 4. The van der Waals surface area contributed by atoms with Crippen LogP contribution in [0.4, 0.5) is 0 Å². The summed E-state index contributed by atoms with van der Waals surface area (Å²) in [7, 11) is 3.19. The highest BCUT2D eigenvalue weighted by Gasteiger charge is 2.06. The second kappa shape index (κ2) is 6.00. The van der Waals surface area contributed by atoms with E-state index < -0.39 is 0 Å². The highest BCUT2D eigenvalue weighted by atomic mass is 16.5. The smallest absolute Gasteiger partial charge is 0.184 e. The average molecular weight is 223 g/mol. The molecule has 4 heteroatoms. The minimum absolute atomic E-state index is 0.259. The van der Waals surface area contributed by atoms with E-state index in [0.717, 1.165) is 5.56 Å². The number of rotatable bonds is 5. The van der Waals surface area contributed by atoms with Gasteiger partial charge in [0.2, 0.25) is 0 Å². The summed E-state index contributed by atoms with van der Waals surface area (Å²) in [6.07, 6.45) is 0.466. The zero-order valence-electron chi connectivity index (χ0n) is 9.87. The van der Waals surface area contributed by atoms with E-state index >= 15 is 0 Å². The molecule has 0 atom stereocenters. The molecule has 4 nitrogen and oxygen atoms in total. The fraction of sp³-hybridized carbons (Fsp3) is 0.417. The third-order valence-electron chi connectivity index (χ3n) is 2.13. The van der Waals surface area contributed by atoms with Gasteiger partial charge in [-0.15, -0.1) is 0 Å². The normalized spacial score (nSPS) is 9.69. The van der Waals surface area contributed by atoms with Gasteiger partial charge >= 0.3 is 0 Å². The van der Waals surface area contributed by atoms with Gasteiger partial charge in [-0.2, -0.15) is 0 Å². The Bertz CT molecular complexity index is 363. The third kappa shape index (κ3) is 3.15. The summed E-state index contributed by atoms with van der Waals surface area (Å²) in [5.74, 6) is 1.62. The lowest BCUT2D eigenvalue weighted by Gasteiger charge is -2.10. The van der Waals surface area contributed by atoms with Crippen LogP contribution in [-0.2, 0) is 11.2 Å². The third-order valence-corrected chi connectivity index (χ3v) is 2.13. The lowest BCUT2D eigenvalue weighted by molar-refractivity contribution is 0.316. The van der Waals surface area contributed by atoms with Crippen molar-refractivity contribution < 1.29 is 14.2 Å². The predicted molar refractivity (Wildman–Crippen MR) is 62.6 cm³/mol. The van der Waals surface area contributed by atoms with Crippen LogP contribution >= 0.6 is 0 Å². The van der Waals surface area contributed by atoms with Crippen molar-refractivity contribution >= 4 is 5.90 Å².